The molecular weight excluding hydrogens is 324 g/mol. The molecule has 6 heteroatoms. The van der Waals surface area contributed by atoms with Crippen LogP contribution in [0.15, 0.2) is 29.8 Å². The third kappa shape index (κ3) is 4.55. The first-order chi connectivity index (χ1) is 11.7. The summed E-state index contributed by atoms with van der Waals surface area (Å²) >= 11 is 1.59. The van der Waals surface area contributed by atoms with Gasteiger partial charge >= 0.3 is 0 Å². The Morgan fingerprint density at radius 3 is 3.08 bits per heavy atom. The molecule has 1 amide bonds. The van der Waals surface area contributed by atoms with Gasteiger partial charge in [0.2, 0.25) is 5.91 Å². The Kier molecular flexibility index (Phi) is 5.82. The lowest BCUT2D eigenvalue weighted by molar-refractivity contribution is -0.116. The highest BCUT2D eigenvalue weighted by molar-refractivity contribution is 7.09. The predicted octanol–water partition coefficient (Wildman–Crippen LogP) is 3.58. The van der Waals surface area contributed by atoms with Crippen molar-refractivity contribution in [2.45, 2.75) is 38.7 Å². The minimum atomic E-state index is -0.0176. The van der Waals surface area contributed by atoms with Crippen LogP contribution in [0.5, 0.6) is 5.75 Å². The molecule has 1 aliphatic rings. The van der Waals surface area contributed by atoms with Gasteiger partial charge in [-0.15, -0.1) is 11.3 Å². The zero-order valence-corrected chi connectivity index (χ0v) is 14.6. The third-order valence-corrected chi connectivity index (χ3v) is 5.03. The minimum absolute atomic E-state index is 0.0176. The van der Waals surface area contributed by atoms with Crippen LogP contribution in [0.25, 0.3) is 0 Å². The molecule has 1 saturated heterocycles. The van der Waals surface area contributed by atoms with Crippen LogP contribution in [-0.2, 0) is 16.0 Å². The van der Waals surface area contributed by atoms with E-state index in [1.807, 2.05) is 36.7 Å². The fourth-order valence-electron chi connectivity index (χ4n) is 2.66. The number of nitrogens with one attached hydrogen (secondary N) is 1. The molecule has 2 heterocycles. The first kappa shape index (κ1) is 16.9. The monoisotopic (exact) mass is 346 g/mol. The molecule has 0 spiro atoms. The molecule has 0 aliphatic carbocycles. The molecule has 2 aromatic rings. The molecule has 24 heavy (non-hydrogen) atoms. The maximum absolute atomic E-state index is 12.2. The predicted molar refractivity (Wildman–Crippen MR) is 94.7 cm³/mol. The summed E-state index contributed by atoms with van der Waals surface area (Å²) in [6.45, 7) is 3.30. The zero-order valence-electron chi connectivity index (χ0n) is 13.8. The van der Waals surface area contributed by atoms with E-state index in [1.165, 1.54) is 0 Å². The lowest BCUT2D eigenvalue weighted by Crippen LogP contribution is -2.18. The van der Waals surface area contributed by atoms with Crippen LogP contribution in [0, 0.1) is 6.92 Å². The summed E-state index contributed by atoms with van der Waals surface area (Å²) < 4.78 is 11.4. The molecule has 3 rings (SSSR count). The first-order valence-electron chi connectivity index (χ1n) is 8.24. The molecule has 1 atom stereocenters. The van der Waals surface area contributed by atoms with Crippen molar-refractivity contribution in [2.75, 3.05) is 18.5 Å². The van der Waals surface area contributed by atoms with Gasteiger partial charge in [0, 0.05) is 17.9 Å². The van der Waals surface area contributed by atoms with Crippen LogP contribution in [0.4, 0.5) is 5.69 Å². The molecule has 5 nitrogen and oxygen atoms in total. The number of para-hydroxylation sites is 2. The summed E-state index contributed by atoms with van der Waals surface area (Å²) in [6, 6.07) is 7.53. The fraction of sp³-hybridized carbons (Fsp3) is 0.444. The number of anilines is 1. The van der Waals surface area contributed by atoms with Crippen LogP contribution < -0.4 is 10.1 Å². The van der Waals surface area contributed by atoms with Gasteiger partial charge < -0.3 is 14.8 Å². The molecule has 1 fully saturated rings. The summed E-state index contributed by atoms with van der Waals surface area (Å²) in [7, 11) is 0. The molecule has 128 valence electrons. The van der Waals surface area contributed by atoms with Crippen molar-refractivity contribution < 1.29 is 14.3 Å². The van der Waals surface area contributed by atoms with E-state index in [0.29, 0.717) is 30.9 Å². The SMILES string of the molecule is Cc1ncsc1CCC(=O)Nc1ccccc1OCC1CCCO1. The van der Waals surface area contributed by atoms with Crippen molar-refractivity contribution in [3.8, 4) is 5.75 Å². The van der Waals surface area contributed by atoms with Crippen LogP contribution in [-0.4, -0.2) is 30.2 Å². The molecule has 0 radical (unpaired) electrons. The Bertz CT molecular complexity index is 680. The molecule has 1 aliphatic heterocycles. The number of thiazole rings is 1. The highest BCUT2D eigenvalue weighted by atomic mass is 32.1. The molecular formula is C18H22N2O3S. The highest BCUT2D eigenvalue weighted by Gasteiger charge is 2.17. The maximum atomic E-state index is 12.2. The zero-order chi connectivity index (χ0) is 16.8. The van der Waals surface area contributed by atoms with E-state index in [9.17, 15) is 4.79 Å². The second-order valence-electron chi connectivity index (χ2n) is 5.85. The Morgan fingerprint density at radius 2 is 2.33 bits per heavy atom. The van der Waals surface area contributed by atoms with Gasteiger partial charge in [0.05, 0.1) is 23.0 Å². The van der Waals surface area contributed by atoms with Gasteiger partial charge in [-0.3, -0.25) is 4.79 Å². The summed E-state index contributed by atoms with van der Waals surface area (Å²) in [4.78, 5) is 17.6. The number of benzene rings is 1. The van der Waals surface area contributed by atoms with Gasteiger partial charge in [-0.25, -0.2) is 4.98 Å². The summed E-state index contributed by atoms with van der Waals surface area (Å²) in [5.74, 6) is 0.672. The number of amides is 1. The number of nitrogens with zero attached hydrogens (tertiary/aromatic N) is 1. The average Bonchev–Trinajstić information content (AvgIpc) is 3.24. The van der Waals surface area contributed by atoms with Crippen LogP contribution in [0.1, 0.15) is 29.8 Å². The van der Waals surface area contributed by atoms with Gasteiger partial charge in [0.25, 0.3) is 0 Å². The number of hydrogen-bond donors (Lipinski definition) is 1. The summed E-state index contributed by atoms with van der Waals surface area (Å²) in [6.07, 6.45) is 3.42. The highest BCUT2D eigenvalue weighted by Crippen LogP contribution is 2.25. The minimum Gasteiger partial charge on any atom is -0.489 e. The topological polar surface area (TPSA) is 60.5 Å². The second-order valence-corrected chi connectivity index (χ2v) is 6.79. The Balaban J connectivity index is 1.53. The molecule has 0 saturated carbocycles. The molecule has 1 N–H and O–H groups in total. The van der Waals surface area contributed by atoms with Crippen molar-refractivity contribution in [1.82, 2.24) is 4.98 Å². The average molecular weight is 346 g/mol. The number of hydrogen-bond acceptors (Lipinski definition) is 5. The van der Waals surface area contributed by atoms with E-state index in [4.69, 9.17) is 9.47 Å². The van der Waals surface area contributed by atoms with E-state index in [0.717, 1.165) is 30.0 Å². The molecule has 1 aromatic carbocycles. The number of rotatable bonds is 7. The van der Waals surface area contributed by atoms with Gasteiger partial charge in [0.1, 0.15) is 12.4 Å². The maximum Gasteiger partial charge on any atom is 0.224 e. The summed E-state index contributed by atoms with van der Waals surface area (Å²) in [5.41, 5.74) is 3.53. The van der Waals surface area contributed by atoms with Crippen LogP contribution in [0.2, 0.25) is 0 Å². The van der Waals surface area contributed by atoms with E-state index >= 15 is 0 Å². The van der Waals surface area contributed by atoms with Crippen LogP contribution >= 0.6 is 11.3 Å². The smallest absolute Gasteiger partial charge is 0.224 e. The lowest BCUT2D eigenvalue weighted by atomic mass is 10.2. The lowest BCUT2D eigenvalue weighted by Gasteiger charge is -2.15. The number of carbonyl (C=O) groups excluding carboxylic acids is 1. The van der Waals surface area contributed by atoms with E-state index in [-0.39, 0.29) is 12.0 Å². The van der Waals surface area contributed by atoms with E-state index < -0.39 is 0 Å². The second kappa shape index (κ2) is 8.26. The summed E-state index contributed by atoms with van der Waals surface area (Å²) in [5, 5.41) is 2.95. The Labute approximate surface area is 146 Å². The quantitative estimate of drug-likeness (QED) is 0.832. The van der Waals surface area contributed by atoms with Crippen molar-refractivity contribution in [2.24, 2.45) is 0 Å². The number of aromatic nitrogens is 1. The van der Waals surface area contributed by atoms with E-state index in [2.05, 4.69) is 10.3 Å². The number of carbonyl (C=O) groups is 1. The van der Waals surface area contributed by atoms with Gasteiger partial charge in [-0.1, -0.05) is 12.1 Å². The van der Waals surface area contributed by atoms with Gasteiger partial charge in [-0.2, -0.15) is 0 Å². The third-order valence-electron chi connectivity index (χ3n) is 4.03. The molecule has 0 bridgehead atoms. The first-order valence-corrected chi connectivity index (χ1v) is 9.12. The molecule has 1 aromatic heterocycles. The fourth-order valence-corrected chi connectivity index (χ4v) is 3.44. The van der Waals surface area contributed by atoms with Crippen molar-refractivity contribution in [1.29, 1.82) is 0 Å². The largest absolute Gasteiger partial charge is 0.489 e. The Hall–Kier alpha value is -1.92. The number of ether oxygens (including phenoxy) is 2. The van der Waals surface area contributed by atoms with Gasteiger partial charge in [-0.05, 0) is 38.3 Å². The van der Waals surface area contributed by atoms with Crippen LogP contribution in [0.3, 0.4) is 0 Å². The number of aryl methyl sites for hydroxylation is 2. The van der Waals surface area contributed by atoms with Crippen molar-refractivity contribution >= 4 is 22.9 Å². The van der Waals surface area contributed by atoms with E-state index in [1.54, 1.807) is 11.3 Å². The van der Waals surface area contributed by atoms with Crippen molar-refractivity contribution in [3.05, 3.63) is 40.3 Å². The standard InChI is InChI=1S/C18H22N2O3S/c1-13-17(24-12-19-13)8-9-18(21)20-15-6-2-3-7-16(15)23-11-14-5-4-10-22-14/h2-3,6-7,12,14H,4-5,8-11H2,1H3,(H,20,21). The van der Waals surface area contributed by atoms with Gasteiger partial charge in [0.15, 0.2) is 0 Å². The van der Waals surface area contributed by atoms with Crippen molar-refractivity contribution in [3.63, 3.8) is 0 Å². The Morgan fingerprint density at radius 1 is 1.46 bits per heavy atom. The molecule has 1 unspecified atom stereocenters. The normalized spacial score (nSPS) is 17.0.